The third-order valence-electron chi connectivity index (χ3n) is 3.97. The molecule has 2 rings (SSSR count). The second kappa shape index (κ2) is 8.77. The zero-order valence-electron chi connectivity index (χ0n) is 14.2. The molecule has 0 bridgehead atoms. The molecule has 0 saturated carbocycles. The minimum Gasteiger partial charge on any atom is -0.357 e. The number of hydrogen-bond donors (Lipinski definition) is 2. The van der Waals surface area contributed by atoms with Gasteiger partial charge in [0.05, 0.1) is 5.56 Å². The number of halogens is 3. The standard InChI is InChI=1S/C18H23F3N4/c1-3-10-23-17(22-4-2)24-16-9-11-25(13-16)12-14-5-7-15(8-6-14)18(19,20)21/h1,5-8,16H,4,9-13H2,2H3,(H2,22,23,24). The predicted octanol–water partition coefficient (Wildman–Crippen LogP) is 2.47. The van der Waals surface area contributed by atoms with Gasteiger partial charge in [-0.25, -0.2) is 4.99 Å². The van der Waals surface area contributed by atoms with Gasteiger partial charge in [0.1, 0.15) is 6.54 Å². The average molecular weight is 352 g/mol. The molecule has 1 aliphatic heterocycles. The fourth-order valence-corrected chi connectivity index (χ4v) is 2.79. The first-order valence-electron chi connectivity index (χ1n) is 8.29. The van der Waals surface area contributed by atoms with Crippen LogP contribution >= 0.6 is 0 Å². The Kier molecular flexibility index (Phi) is 6.71. The molecule has 1 unspecified atom stereocenters. The van der Waals surface area contributed by atoms with E-state index in [4.69, 9.17) is 6.42 Å². The number of likely N-dealkylation sites (tertiary alicyclic amines) is 1. The van der Waals surface area contributed by atoms with E-state index in [-0.39, 0.29) is 6.04 Å². The van der Waals surface area contributed by atoms with Crippen LogP contribution in [-0.2, 0) is 12.7 Å². The molecule has 1 aromatic carbocycles. The summed E-state index contributed by atoms with van der Waals surface area (Å²) in [5.41, 5.74) is 0.263. The summed E-state index contributed by atoms with van der Waals surface area (Å²) in [5, 5.41) is 6.50. The molecular weight excluding hydrogens is 329 g/mol. The van der Waals surface area contributed by atoms with Crippen LogP contribution in [0.5, 0.6) is 0 Å². The summed E-state index contributed by atoms with van der Waals surface area (Å²) in [6.45, 7) is 5.37. The normalized spacial score (nSPS) is 18.8. The van der Waals surface area contributed by atoms with Crippen molar-refractivity contribution in [3.05, 3.63) is 35.4 Å². The van der Waals surface area contributed by atoms with E-state index >= 15 is 0 Å². The second-order valence-electron chi connectivity index (χ2n) is 5.96. The van der Waals surface area contributed by atoms with Gasteiger partial charge >= 0.3 is 6.18 Å². The van der Waals surface area contributed by atoms with Gasteiger partial charge < -0.3 is 10.6 Å². The number of aliphatic imine (C=N–C) groups is 1. The fourth-order valence-electron chi connectivity index (χ4n) is 2.79. The first-order chi connectivity index (χ1) is 11.9. The molecule has 1 aromatic rings. The SMILES string of the molecule is C#CCN=C(NCC)NC1CCN(Cc2ccc(C(F)(F)F)cc2)C1. The first-order valence-corrected chi connectivity index (χ1v) is 8.29. The van der Waals surface area contributed by atoms with Crippen molar-refractivity contribution in [3.8, 4) is 12.3 Å². The predicted molar refractivity (Wildman–Crippen MR) is 93.1 cm³/mol. The summed E-state index contributed by atoms with van der Waals surface area (Å²) in [6.07, 6.45) is 1.89. The number of guanidine groups is 1. The zero-order chi connectivity index (χ0) is 18.3. The molecule has 0 radical (unpaired) electrons. The summed E-state index contributed by atoms with van der Waals surface area (Å²) in [4.78, 5) is 6.48. The molecule has 1 fully saturated rings. The summed E-state index contributed by atoms with van der Waals surface area (Å²) >= 11 is 0. The van der Waals surface area contributed by atoms with Crippen molar-refractivity contribution in [1.29, 1.82) is 0 Å². The lowest BCUT2D eigenvalue weighted by atomic mass is 10.1. The zero-order valence-corrected chi connectivity index (χ0v) is 14.2. The third-order valence-corrected chi connectivity index (χ3v) is 3.97. The van der Waals surface area contributed by atoms with Crippen LogP contribution in [-0.4, -0.2) is 43.1 Å². The molecule has 25 heavy (non-hydrogen) atoms. The lowest BCUT2D eigenvalue weighted by molar-refractivity contribution is -0.137. The highest BCUT2D eigenvalue weighted by Gasteiger charge is 2.30. The van der Waals surface area contributed by atoms with E-state index in [2.05, 4.69) is 26.4 Å². The topological polar surface area (TPSA) is 39.7 Å². The van der Waals surface area contributed by atoms with Gasteiger partial charge in [-0.05, 0) is 31.0 Å². The molecule has 7 heteroatoms. The quantitative estimate of drug-likeness (QED) is 0.486. The van der Waals surface area contributed by atoms with Crippen molar-refractivity contribution in [1.82, 2.24) is 15.5 Å². The summed E-state index contributed by atoms with van der Waals surface area (Å²) in [7, 11) is 0. The van der Waals surface area contributed by atoms with Gasteiger partial charge in [0.25, 0.3) is 0 Å². The second-order valence-corrected chi connectivity index (χ2v) is 5.96. The number of nitrogens with one attached hydrogen (secondary N) is 2. The maximum Gasteiger partial charge on any atom is 0.416 e. The summed E-state index contributed by atoms with van der Waals surface area (Å²) in [5.74, 6) is 3.18. The Morgan fingerprint density at radius 2 is 2.08 bits per heavy atom. The Balaban J connectivity index is 1.87. The summed E-state index contributed by atoms with van der Waals surface area (Å²) in [6, 6.07) is 5.60. The Hall–Kier alpha value is -2.20. The van der Waals surface area contributed by atoms with Gasteiger partial charge in [-0.1, -0.05) is 18.1 Å². The van der Waals surface area contributed by atoms with E-state index in [9.17, 15) is 13.2 Å². The molecule has 136 valence electrons. The highest BCUT2D eigenvalue weighted by molar-refractivity contribution is 5.80. The van der Waals surface area contributed by atoms with Crippen molar-refractivity contribution in [2.75, 3.05) is 26.2 Å². The van der Waals surface area contributed by atoms with Crippen molar-refractivity contribution in [2.24, 2.45) is 4.99 Å². The van der Waals surface area contributed by atoms with Crippen LogP contribution in [0.15, 0.2) is 29.3 Å². The highest BCUT2D eigenvalue weighted by Crippen LogP contribution is 2.29. The average Bonchev–Trinajstić information content (AvgIpc) is 2.99. The lowest BCUT2D eigenvalue weighted by Gasteiger charge is -2.19. The number of hydrogen-bond acceptors (Lipinski definition) is 2. The molecule has 1 atom stereocenters. The number of benzene rings is 1. The van der Waals surface area contributed by atoms with Gasteiger partial charge in [-0.2, -0.15) is 13.2 Å². The van der Waals surface area contributed by atoms with E-state index in [1.54, 1.807) is 12.1 Å². The Morgan fingerprint density at radius 3 is 2.68 bits per heavy atom. The third kappa shape index (κ3) is 5.98. The molecule has 0 aromatic heterocycles. The Morgan fingerprint density at radius 1 is 1.36 bits per heavy atom. The number of alkyl halides is 3. The summed E-state index contributed by atoms with van der Waals surface area (Å²) < 4.78 is 37.8. The maximum absolute atomic E-state index is 12.6. The molecule has 1 heterocycles. The van der Waals surface area contributed by atoms with Gasteiger partial charge in [0.2, 0.25) is 0 Å². The van der Waals surface area contributed by atoms with E-state index < -0.39 is 11.7 Å². The monoisotopic (exact) mass is 352 g/mol. The van der Waals surface area contributed by atoms with Crippen molar-refractivity contribution < 1.29 is 13.2 Å². The smallest absolute Gasteiger partial charge is 0.357 e. The molecule has 0 aliphatic carbocycles. The van der Waals surface area contributed by atoms with Crippen LogP contribution in [0.2, 0.25) is 0 Å². The minimum absolute atomic E-state index is 0.241. The van der Waals surface area contributed by atoms with Gasteiger partial charge in [0, 0.05) is 32.2 Å². The van der Waals surface area contributed by atoms with E-state index in [0.29, 0.717) is 19.0 Å². The van der Waals surface area contributed by atoms with Crippen LogP contribution in [0, 0.1) is 12.3 Å². The first kappa shape index (κ1) is 19.1. The molecule has 4 nitrogen and oxygen atoms in total. The van der Waals surface area contributed by atoms with E-state index in [0.717, 1.165) is 43.8 Å². The number of terminal acetylenes is 1. The van der Waals surface area contributed by atoms with Gasteiger partial charge in [-0.15, -0.1) is 6.42 Å². The van der Waals surface area contributed by atoms with Gasteiger partial charge in [-0.3, -0.25) is 4.90 Å². The molecule has 0 amide bonds. The molecular formula is C18H23F3N4. The molecule has 0 spiro atoms. The van der Waals surface area contributed by atoms with Crippen LogP contribution in [0.3, 0.4) is 0 Å². The number of nitrogens with zero attached hydrogens (tertiary/aromatic N) is 2. The van der Waals surface area contributed by atoms with Crippen LogP contribution in [0.4, 0.5) is 13.2 Å². The highest BCUT2D eigenvalue weighted by atomic mass is 19.4. The van der Waals surface area contributed by atoms with Crippen molar-refractivity contribution >= 4 is 5.96 Å². The van der Waals surface area contributed by atoms with Crippen LogP contribution in [0.25, 0.3) is 0 Å². The lowest BCUT2D eigenvalue weighted by Crippen LogP contribution is -2.44. The molecule has 1 aliphatic rings. The van der Waals surface area contributed by atoms with Crippen molar-refractivity contribution in [2.45, 2.75) is 32.1 Å². The minimum atomic E-state index is -4.29. The molecule has 1 saturated heterocycles. The number of rotatable bonds is 5. The Bertz CT molecular complexity index is 617. The van der Waals surface area contributed by atoms with Crippen LogP contribution in [0.1, 0.15) is 24.5 Å². The van der Waals surface area contributed by atoms with Crippen LogP contribution < -0.4 is 10.6 Å². The molecule has 2 N–H and O–H groups in total. The fraction of sp³-hybridized carbons (Fsp3) is 0.500. The van der Waals surface area contributed by atoms with Crippen molar-refractivity contribution in [3.63, 3.8) is 0 Å². The Labute approximate surface area is 146 Å². The maximum atomic E-state index is 12.6. The largest absolute Gasteiger partial charge is 0.416 e. The van der Waals surface area contributed by atoms with E-state index in [1.165, 1.54) is 0 Å². The van der Waals surface area contributed by atoms with E-state index in [1.807, 2.05) is 6.92 Å². The van der Waals surface area contributed by atoms with Gasteiger partial charge in [0.15, 0.2) is 5.96 Å².